The molecular weight excluding hydrogens is 204 g/mol. The molecule has 2 aliphatic heterocycles. The van der Waals surface area contributed by atoms with E-state index in [1.54, 1.807) is 0 Å². The number of nitrogens with one attached hydrogen (secondary N) is 1. The van der Waals surface area contributed by atoms with E-state index < -0.39 is 0 Å². The first kappa shape index (κ1) is 11.7. The van der Waals surface area contributed by atoms with Gasteiger partial charge in [-0.25, -0.2) is 0 Å². The van der Waals surface area contributed by atoms with Crippen LogP contribution < -0.4 is 5.32 Å². The molecule has 3 heteroatoms. The largest absolute Gasteiger partial charge is 0.311 e. The van der Waals surface area contributed by atoms with Crippen LogP contribution in [0.1, 0.15) is 26.2 Å². The molecule has 2 atom stereocenters. The summed E-state index contributed by atoms with van der Waals surface area (Å²) in [5.74, 6) is 3.61. The minimum atomic E-state index is 0.754. The third-order valence-electron chi connectivity index (χ3n) is 3.54. The van der Waals surface area contributed by atoms with Crippen LogP contribution in [0.3, 0.4) is 0 Å². The van der Waals surface area contributed by atoms with Crippen LogP contribution in [0.25, 0.3) is 0 Å². The molecule has 0 aromatic heterocycles. The number of hydrogen-bond donors (Lipinski definition) is 1. The molecule has 88 valence electrons. The molecule has 0 spiro atoms. The highest BCUT2D eigenvalue weighted by Gasteiger charge is 2.24. The maximum absolute atomic E-state index is 3.63. The first-order valence-electron chi connectivity index (χ1n) is 6.42. The summed E-state index contributed by atoms with van der Waals surface area (Å²) in [6.07, 6.45) is 4.23. The Balaban J connectivity index is 1.67. The van der Waals surface area contributed by atoms with E-state index in [0.29, 0.717) is 0 Å². The molecule has 2 aliphatic rings. The van der Waals surface area contributed by atoms with Crippen LogP contribution in [-0.2, 0) is 0 Å². The van der Waals surface area contributed by atoms with E-state index >= 15 is 0 Å². The molecule has 2 nitrogen and oxygen atoms in total. The summed E-state index contributed by atoms with van der Waals surface area (Å²) < 4.78 is 0. The molecule has 2 saturated heterocycles. The molecule has 0 aliphatic carbocycles. The van der Waals surface area contributed by atoms with Gasteiger partial charge in [0, 0.05) is 37.2 Å². The minimum absolute atomic E-state index is 0.754. The smallest absolute Gasteiger partial charge is 0.0285 e. The average molecular weight is 228 g/mol. The van der Waals surface area contributed by atoms with E-state index in [-0.39, 0.29) is 0 Å². The molecule has 1 N–H and O–H groups in total. The highest BCUT2D eigenvalue weighted by Crippen LogP contribution is 2.21. The number of nitrogens with zero attached hydrogens (tertiary/aromatic N) is 1. The van der Waals surface area contributed by atoms with Gasteiger partial charge in [0.05, 0.1) is 0 Å². The Morgan fingerprint density at radius 2 is 2.40 bits per heavy atom. The molecular formula is C12H24N2S. The fraction of sp³-hybridized carbons (Fsp3) is 1.00. The standard InChI is InChI=1S/C12H24N2S/c1-2-3-11-4-6-14(8-11)9-12-10-15-7-5-13-12/h11-13H,2-10H2,1H3. The fourth-order valence-corrected chi connectivity index (χ4v) is 3.71. The van der Waals surface area contributed by atoms with E-state index in [1.807, 2.05) is 0 Å². The Morgan fingerprint density at radius 1 is 1.47 bits per heavy atom. The Hall–Kier alpha value is 0.270. The summed E-state index contributed by atoms with van der Waals surface area (Å²) in [6, 6.07) is 0.754. The van der Waals surface area contributed by atoms with Gasteiger partial charge in [-0.3, -0.25) is 0 Å². The van der Waals surface area contributed by atoms with Gasteiger partial charge >= 0.3 is 0 Å². The molecule has 15 heavy (non-hydrogen) atoms. The minimum Gasteiger partial charge on any atom is -0.311 e. The van der Waals surface area contributed by atoms with E-state index in [2.05, 4.69) is 28.9 Å². The number of thioether (sulfide) groups is 1. The predicted octanol–water partition coefficient (Wildman–Crippen LogP) is 1.81. The maximum Gasteiger partial charge on any atom is 0.0285 e. The summed E-state index contributed by atoms with van der Waals surface area (Å²) in [4.78, 5) is 2.67. The second-order valence-electron chi connectivity index (χ2n) is 4.93. The SMILES string of the molecule is CCCC1CCN(CC2CSCCN2)C1. The summed E-state index contributed by atoms with van der Waals surface area (Å²) in [5, 5.41) is 3.63. The molecule has 2 unspecified atom stereocenters. The van der Waals surface area contributed by atoms with Crippen LogP contribution in [-0.4, -0.2) is 48.6 Å². The van der Waals surface area contributed by atoms with E-state index in [4.69, 9.17) is 0 Å². The van der Waals surface area contributed by atoms with Crippen molar-refractivity contribution in [2.75, 3.05) is 37.7 Å². The Bertz CT molecular complexity index is 180. The van der Waals surface area contributed by atoms with Gasteiger partial charge in [0.2, 0.25) is 0 Å². The van der Waals surface area contributed by atoms with Crippen LogP contribution in [0.5, 0.6) is 0 Å². The van der Waals surface area contributed by atoms with Crippen molar-refractivity contribution < 1.29 is 0 Å². The van der Waals surface area contributed by atoms with Crippen molar-refractivity contribution in [1.82, 2.24) is 10.2 Å². The molecule has 2 heterocycles. The zero-order chi connectivity index (χ0) is 10.5. The summed E-state index contributed by atoms with van der Waals surface area (Å²) >= 11 is 2.11. The summed E-state index contributed by atoms with van der Waals surface area (Å²) in [7, 11) is 0. The summed E-state index contributed by atoms with van der Waals surface area (Å²) in [6.45, 7) is 7.50. The quantitative estimate of drug-likeness (QED) is 0.790. The maximum atomic E-state index is 3.63. The normalized spacial score (nSPS) is 33.4. The van der Waals surface area contributed by atoms with Crippen molar-refractivity contribution in [2.45, 2.75) is 32.2 Å². The highest BCUT2D eigenvalue weighted by molar-refractivity contribution is 7.99. The Morgan fingerprint density at radius 3 is 3.13 bits per heavy atom. The first-order chi connectivity index (χ1) is 7.38. The third kappa shape index (κ3) is 3.65. The number of likely N-dealkylation sites (tertiary alicyclic amines) is 1. The van der Waals surface area contributed by atoms with Gasteiger partial charge in [0.15, 0.2) is 0 Å². The topological polar surface area (TPSA) is 15.3 Å². The number of rotatable bonds is 4. The molecule has 0 bridgehead atoms. The van der Waals surface area contributed by atoms with Crippen molar-refractivity contribution in [1.29, 1.82) is 0 Å². The van der Waals surface area contributed by atoms with Gasteiger partial charge in [-0.2, -0.15) is 11.8 Å². The average Bonchev–Trinajstić information content (AvgIpc) is 2.68. The third-order valence-corrected chi connectivity index (χ3v) is 4.67. The van der Waals surface area contributed by atoms with Crippen molar-refractivity contribution in [3.8, 4) is 0 Å². The molecule has 0 saturated carbocycles. The Kier molecular flexibility index (Phi) is 4.79. The molecule has 0 amide bonds. The second-order valence-corrected chi connectivity index (χ2v) is 6.08. The van der Waals surface area contributed by atoms with E-state index in [9.17, 15) is 0 Å². The zero-order valence-electron chi connectivity index (χ0n) is 9.87. The van der Waals surface area contributed by atoms with Gasteiger partial charge < -0.3 is 10.2 Å². The van der Waals surface area contributed by atoms with Crippen LogP contribution in [0.4, 0.5) is 0 Å². The zero-order valence-corrected chi connectivity index (χ0v) is 10.7. The fourth-order valence-electron chi connectivity index (χ4n) is 2.77. The predicted molar refractivity (Wildman–Crippen MR) is 68.6 cm³/mol. The van der Waals surface area contributed by atoms with Crippen LogP contribution in [0, 0.1) is 5.92 Å². The van der Waals surface area contributed by atoms with Crippen molar-refractivity contribution in [3.05, 3.63) is 0 Å². The van der Waals surface area contributed by atoms with Gasteiger partial charge in [-0.05, 0) is 25.3 Å². The lowest BCUT2D eigenvalue weighted by molar-refractivity contribution is 0.288. The number of hydrogen-bond acceptors (Lipinski definition) is 3. The molecule has 2 fully saturated rings. The highest BCUT2D eigenvalue weighted by atomic mass is 32.2. The lowest BCUT2D eigenvalue weighted by Gasteiger charge is -2.27. The first-order valence-corrected chi connectivity index (χ1v) is 7.57. The van der Waals surface area contributed by atoms with Crippen molar-refractivity contribution >= 4 is 11.8 Å². The van der Waals surface area contributed by atoms with Crippen LogP contribution in [0.2, 0.25) is 0 Å². The van der Waals surface area contributed by atoms with Gasteiger partial charge in [-0.15, -0.1) is 0 Å². The lowest BCUT2D eigenvalue weighted by atomic mass is 10.0. The molecule has 0 aromatic carbocycles. The Labute approximate surface area is 98.2 Å². The van der Waals surface area contributed by atoms with Crippen LogP contribution in [0.15, 0.2) is 0 Å². The van der Waals surface area contributed by atoms with E-state index in [1.165, 1.54) is 56.9 Å². The van der Waals surface area contributed by atoms with E-state index in [0.717, 1.165) is 12.0 Å². The van der Waals surface area contributed by atoms with Crippen molar-refractivity contribution in [2.24, 2.45) is 5.92 Å². The van der Waals surface area contributed by atoms with Gasteiger partial charge in [-0.1, -0.05) is 13.3 Å². The molecule has 0 radical (unpaired) electrons. The monoisotopic (exact) mass is 228 g/mol. The lowest BCUT2D eigenvalue weighted by Crippen LogP contribution is -2.45. The van der Waals surface area contributed by atoms with Crippen LogP contribution >= 0.6 is 11.8 Å². The molecule has 0 aromatic rings. The van der Waals surface area contributed by atoms with Crippen molar-refractivity contribution in [3.63, 3.8) is 0 Å². The second kappa shape index (κ2) is 6.12. The van der Waals surface area contributed by atoms with Gasteiger partial charge in [0.1, 0.15) is 0 Å². The summed E-state index contributed by atoms with van der Waals surface area (Å²) in [5.41, 5.74) is 0. The van der Waals surface area contributed by atoms with Gasteiger partial charge in [0.25, 0.3) is 0 Å². The molecule has 2 rings (SSSR count).